The van der Waals surface area contributed by atoms with Gasteiger partial charge in [-0.2, -0.15) is 19.9 Å². The van der Waals surface area contributed by atoms with Crippen LogP contribution < -0.4 is 0 Å². The Kier molecular flexibility index (Phi) is 12.0. The minimum atomic E-state index is 0.545. The molecule has 19 aromatic rings. The van der Waals surface area contributed by atoms with E-state index >= 15 is 0 Å². The highest BCUT2D eigenvalue weighted by Crippen LogP contribution is 2.43. The van der Waals surface area contributed by atoms with Crippen LogP contribution in [-0.2, 0) is 0 Å². The normalized spacial score (nSPS) is 11.8. The molecule has 0 aliphatic heterocycles. The van der Waals surface area contributed by atoms with Crippen molar-refractivity contribution in [3.05, 3.63) is 315 Å². The second-order valence-corrected chi connectivity index (χ2v) is 23.9. The van der Waals surface area contributed by atoms with Crippen LogP contribution in [0.2, 0.25) is 0 Å². The Morgan fingerprint density at radius 1 is 0.160 bits per heavy atom. The Hall–Kier alpha value is -12.9. The van der Waals surface area contributed by atoms with Crippen LogP contribution in [0.25, 0.3) is 178 Å². The van der Waals surface area contributed by atoms with E-state index in [1.165, 1.54) is 21.5 Å². The van der Waals surface area contributed by atoms with Gasteiger partial charge in [0.05, 0.1) is 44.1 Å². The van der Waals surface area contributed by atoms with Crippen LogP contribution in [0.5, 0.6) is 0 Å². The zero-order chi connectivity index (χ0) is 61.8. The fourth-order valence-corrected chi connectivity index (χ4v) is 14.1. The Morgan fingerprint density at radius 2 is 0.447 bits per heavy atom. The third kappa shape index (κ3) is 8.58. The molecule has 0 amide bonds. The summed E-state index contributed by atoms with van der Waals surface area (Å²) in [5.74, 6) is 3.50. The van der Waals surface area contributed by atoms with Gasteiger partial charge in [0, 0.05) is 76.7 Å². The lowest BCUT2D eigenvalue weighted by Crippen LogP contribution is -2.06. The Labute approximate surface area is 538 Å². The van der Waals surface area contributed by atoms with E-state index in [4.69, 9.17) is 29.9 Å². The van der Waals surface area contributed by atoms with E-state index < -0.39 is 0 Å². The average molecular weight is 1200 g/mol. The SMILES string of the molecule is c1ccc(-c2nc(-c3ccccc3)nc(-n3c4ccccc4c4cc5c6ccccc6n(-c6ccc(-c7ccc(-c8cccc(-c9nc(-c%10ccccc%10)nc(-n%10c%11ccccc%11c%11cc%12c%13ccccc%13n(-c%13ccccc%13)c%12cc%11%10)n9)c8)cc7)cc6)c5cc43)n2)cc1. The van der Waals surface area contributed by atoms with Crippen LogP contribution in [-0.4, -0.2) is 48.2 Å². The largest absolute Gasteiger partial charge is 0.309 e. The molecule has 0 N–H and O–H groups in total. The molecule has 0 saturated heterocycles. The molecule has 10 nitrogen and oxygen atoms in total. The van der Waals surface area contributed by atoms with E-state index in [9.17, 15) is 0 Å². The molecule has 0 bridgehead atoms. The third-order valence-corrected chi connectivity index (χ3v) is 18.5. The second kappa shape index (κ2) is 21.4. The van der Waals surface area contributed by atoms with Crippen LogP contribution in [0.4, 0.5) is 0 Å². The van der Waals surface area contributed by atoms with Gasteiger partial charge >= 0.3 is 0 Å². The molecule has 0 unspecified atom stereocenters. The molecule has 6 heterocycles. The van der Waals surface area contributed by atoms with Crippen molar-refractivity contribution in [3.8, 4) is 91.1 Å². The smallest absolute Gasteiger partial charge is 0.238 e. The lowest BCUT2D eigenvalue weighted by atomic mass is 9.99. The Balaban J connectivity index is 0.687. The number of hydrogen-bond acceptors (Lipinski definition) is 6. The van der Waals surface area contributed by atoms with Gasteiger partial charge < -0.3 is 9.13 Å². The summed E-state index contributed by atoms with van der Waals surface area (Å²) in [5, 5.41) is 9.24. The highest BCUT2D eigenvalue weighted by Gasteiger charge is 2.24. The standard InChI is InChI=1S/C84H52N10/c1-5-22-56(23-6-1)79-85-80(57-24-7-2-8-25-57)88-83(87-79)93-73-38-19-15-34-65(73)70-50-68-64-33-14-18-37-72(64)92(76(68)52-78(70)93)62-46-44-54(45-47-62)53-40-42-55(43-41-53)59-28-21-29-60(48-59)82-86-81(58-26-9-3-10-27-58)89-84(90-82)94-74-39-20-16-35-66(74)69-49-67-63-32-13-17-36-71(63)91(75(67)51-77(69)94)61-30-11-4-12-31-61/h1-52H. The summed E-state index contributed by atoms with van der Waals surface area (Å²) in [6.45, 7) is 0. The topological polar surface area (TPSA) is 97.1 Å². The van der Waals surface area contributed by atoms with E-state index in [0.717, 1.165) is 122 Å². The van der Waals surface area contributed by atoms with Crippen molar-refractivity contribution < 1.29 is 0 Å². The minimum absolute atomic E-state index is 0.545. The van der Waals surface area contributed by atoms with Crippen LogP contribution in [0.3, 0.4) is 0 Å². The van der Waals surface area contributed by atoms with E-state index in [1.807, 2.05) is 78.9 Å². The fourth-order valence-electron chi connectivity index (χ4n) is 14.1. The van der Waals surface area contributed by atoms with E-state index in [2.05, 4.69) is 255 Å². The van der Waals surface area contributed by atoms with Crippen molar-refractivity contribution in [2.75, 3.05) is 0 Å². The predicted octanol–water partition coefficient (Wildman–Crippen LogP) is 20.4. The highest BCUT2D eigenvalue weighted by atomic mass is 15.2. The molecule has 19 rings (SSSR count). The molecule has 0 aliphatic carbocycles. The van der Waals surface area contributed by atoms with Gasteiger partial charge in [-0.1, -0.05) is 237 Å². The number of rotatable bonds is 10. The molecular formula is C84H52N10. The van der Waals surface area contributed by atoms with Crippen molar-refractivity contribution in [1.29, 1.82) is 0 Å². The molecule has 0 atom stereocenters. The molecule has 0 saturated carbocycles. The molecule has 0 spiro atoms. The van der Waals surface area contributed by atoms with Gasteiger partial charge in [-0.3, -0.25) is 9.13 Å². The molecule has 438 valence electrons. The quantitative estimate of drug-likeness (QED) is 0.135. The highest BCUT2D eigenvalue weighted by molar-refractivity contribution is 6.21. The molecule has 0 radical (unpaired) electrons. The van der Waals surface area contributed by atoms with Crippen LogP contribution >= 0.6 is 0 Å². The average Bonchev–Trinajstić information content (AvgIpc) is 1.74. The summed E-state index contributed by atoms with van der Waals surface area (Å²) in [7, 11) is 0. The summed E-state index contributed by atoms with van der Waals surface area (Å²) in [6, 6.07) is 111. The summed E-state index contributed by atoms with van der Waals surface area (Å²) in [6.07, 6.45) is 0. The van der Waals surface area contributed by atoms with Crippen molar-refractivity contribution in [1.82, 2.24) is 48.2 Å². The number of benzene rings is 13. The van der Waals surface area contributed by atoms with Crippen molar-refractivity contribution in [2.24, 2.45) is 0 Å². The first-order chi connectivity index (χ1) is 46.6. The van der Waals surface area contributed by atoms with Gasteiger partial charge in [0.1, 0.15) is 0 Å². The van der Waals surface area contributed by atoms with Gasteiger partial charge in [0.25, 0.3) is 0 Å². The Morgan fingerprint density at radius 3 is 0.851 bits per heavy atom. The molecule has 0 fully saturated rings. The van der Waals surface area contributed by atoms with E-state index in [0.29, 0.717) is 35.2 Å². The molecule has 94 heavy (non-hydrogen) atoms. The zero-order valence-corrected chi connectivity index (χ0v) is 50.5. The molecule has 0 aliphatic rings. The van der Waals surface area contributed by atoms with Gasteiger partial charge in [0.2, 0.25) is 11.9 Å². The third-order valence-electron chi connectivity index (χ3n) is 18.5. The van der Waals surface area contributed by atoms with Gasteiger partial charge in [0.15, 0.2) is 23.3 Å². The second-order valence-electron chi connectivity index (χ2n) is 23.9. The summed E-state index contributed by atoms with van der Waals surface area (Å²) < 4.78 is 9.17. The van der Waals surface area contributed by atoms with E-state index in [-0.39, 0.29) is 0 Å². The molecule has 10 heteroatoms. The molecular weight excluding hydrogens is 1150 g/mol. The number of nitrogens with zero attached hydrogens (tertiary/aromatic N) is 10. The van der Waals surface area contributed by atoms with Gasteiger partial charge in [-0.25, -0.2) is 9.97 Å². The number of para-hydroxylation sites is 5. The lowest BCUT2D eigenvalue weighted by molar-refractivity contribution is 0.953. The maximum Gasteiger partial charge on any atom is 0.238 e. The molecule has 13 aromatic carbocycles. The maximum absolute atomic E-state index is 5.41. The van der Waals surface area contributed by atoms with Crippen LogP contribution in [0.15, 0.2) is 315 Å². The monoisotopic (exact) mass is 1200 g/mol. The Bertz CT molecular complexity index is 6130. The zero-order valence-electron chi connectivity index (χ0n) is 50.5. The summed E-state index contributed by atoms with van der Waals surface area (Å²) >= 11 is 0. The summed E-state index contributed by atoms with van der Waals surface area (Å²) in [4.78, 5) is 31.5. The molecule has 6 aromatic heterocycles. The van der Waals surface area contributed by atoms with Crippen molar-refractivity contribution >= 4 is 87.2 Å². The first-order valence-electron chi connectivity index (χ1n) is 31.6. The first-order valence-corrected chi connectivity index (χ1v) is 31.6. The van der Waals surface area contributed by atoms with Crippen LogP contribution in [0.1, 0.15) is 0 Å². The van der Waals surface area contributed by atoms with Crippen molar-refractivity contribution in [2.45, 2.75) is 0 Å². The fraction of sp³-hybridized carbons (Fsp3) is 0. The van der Waals surface area contributed by atoms with Gasteiger partial charge in [-0.15, -0.1) is 0 Å². The minimum Gasteiger partial charge on any atom is -0.309 e. The lowest BCUT2D eigenvalue weighted by Gasteiger charge is -2.12. The maximum atomic E-state index is 5.41. The van der Waals surface area contributed by atoms with Crippen molar-refractivity contribution in [3.63, 3.8) is 0 Å². The number of fused-ring (bicyclic) bond motifs is 12. The number of aromatic nitrogens is 10. The van der Waals surface area contributed by atoms with E-state index in [1.54, 1.807) is 0 Å². The van der Waals surface area contributed by atoms with Crippen LogP contribution in [0, 0.1) is 0 Å². The van der Waals surface area contributed by atoms with Gasteiger partial charge in [-0.05, 0) is 101 Å². The summed E-state index contributed by atoms with van der Waals surface area (Å²) in [5.41, 5.74) is 18.7. The predicted molar refractivity (Wildman–Crippen MR) is 383 cm³/mol. The number of hydrogen-bond donors (Lipinski definition) is 0. The first kappa shape index (κ1) is 53.0.